The average molecular weight is 382 g/mol. The van der Waals surface area contributed by atoms with Gasteiger partial charge < -0.3 is 4.42 Å². The second-order valence-electron chi connectivity index (χ2n) is 6.94. The van der Waals surface area contributed by atoms with Crippen LogP contribution < -0.4 is 5.36 Å². The van der Waals surface area contributed by atoms with E-state index in [4.69, 9.17) is 14.4 Å². The third-order valence-electron chi connectivity index (χ3n) is 4.71. The highest BCUT2D eigenvalue weighted by molar-refractivity contribution is 7.21. The average Bonchev–Trinajstić information content (AvgIpc) is 3.10. The van der Waals surface area contributed by atoms with E-state index in [1.165, 1.54) is 11.1 Å². The van der Waals surface area contributed by atoms with E-state index in [1.807, 2.05) is 42.5 Å². The van der Waals surface area contributed by atoms with Crippen molar-refractivity contribution < 1.29 is 4.42 Å². The van der Waals surface area contributed by atoms with Gasteiger partial charge in [-0.1, -0.05) is 59.4 Å². The number of aromatic nitrogens is 1. The van der Waals surface area contributed by atoms with Gasteiger partial charge in [0.25, 0.3) is 0 Å². The lowest BCUT2D eigenvalue weighted by atomic mass is 10.1. The summed E-state index contributed by atoms with van der Waals surface area (Å²) in [5.41, 5.74) is 5.24. The van der Waals surface area contributed by atoms with Gasteiger partial charge in [-0.25, -0.2) is 9.98 Å². The van der Waals surface area contributed by atoms with E-state index in [9.17, 15) is 0 Å². The van der Waals surface area contributed by atoms with Crippen LogP contribution in [0.15, 0.2) is 82.2 Å². The van der Waals surface area contributed by atoms with Gasteiger partial charge in [0, 0.05) is 17.0 Å². The zero-order valence-electron chi connectivity index (χ0n) is 15.6. The molecule has 0 radical (unpaired) electrons. The lowest BCUT2D eigenvalue weighted by Gasteiger charge is -2.05. The van der Waals surface area contributed by atoms with Crippen LogP contribution in [-0.4, -0.2) is 4.98 Å². The first-order valence-corrected chi connectivity index (χ1v) is 9.99. The van der Waals surface area contributed by atoms with Crippen molar-refractivity contribution in [2.24, 2.45) is 4.99 Å². The first-order valence-electron chi connectivity index (χ1n) is 9.18. The van der Waals surface area contributed by atoms with Crippen molar-refractivity contribution in [3.63, 3.8) is 0 Å². The molecule has 5 rings (SSSR count). The topological polar surface area (TPSA) is 38.4 Å². The minimum absolute atomic E-state index is 0.758. The van der Waals surface area contributed by atoms with E-state index in [2.05, 4.69) is 44.2 Å². The standard InChI is InChI=1S/C24H18N2OS/c1-15-9-11-21-18(12-15)20(14-22(27-21)17-6-4-3-5-7-17)26-24-25-19-10-8-16(2)13-23(19)28-24/h3-14H,1-2H3. The number of rotatable bonds is 2. The third kappa shape index (κ3) is 3.12. The smallest absolute Gasteiger partial charge is 0.210 e. The number of fused-ring (bicyclic) bond motifs is 2. The van der Waals surface area contributed by atoms with E-state index in [-0.39, 0.29) is 0 Å². The molecule has 0 fully saturated rings. The highest BCUT2D eigenvalue weighted by Gasteiger charge is 2.08. The van der Waals surface area contributed by atoms with Crippen LogP contribution in [0.25, 0.3) is 32.5 Å². The minimum atomic E-state index is 0.758. The Balaban J connectivity index is 1.78. The van der Waals surface area contributed by atoms with Gasteiger partial charge in [-0.3, -0.25) is 0 Å². The zero-order valence-corrected chi connectivity index (χ0v) is 16.5. The van der Waals surface area contributed by atoms with E-state index in [1.54, 1.807) is 11.3 Å². The predicted molar refractivity (Wildman–Crippen MR) is 116 cm³/mol. The van der Waals surface area contributed by atoms with Gasteiger partial charge in [0.1, 0.15) is 11.3 Å². The lowest BCUT2D eigenvalue weighted by Crippen LogP contribution is -2.03. The summed E-state index contributed by atoms with van der Waals surface area (Å²) >= 11 is 1.61. The van der Waals surface area contributed by atoms with E-state index >= 15 is 0 Å². The van der Waals surface area contributed by atoms with Gasteiger partial charge in [-0.15, -0.1) is 0 Å². The molecule has 0 aliphatic carbocycles. The summed E-state index contributed by atoms with van der Waals surface area (Å²) in [6.07, 6.45) is 0. The summed E-state index contributed by atoms with van der Waals surface area (Å²) in [7, 11) is 0. The number of aryl methyl sites for hydroxylation is 2. The molecule has 4 heteroatoms. The molecule has 2 aromatic heterocycles. The molecule has 2 heterocycles. The summed E-state index contributed by atoms with van der Waals surface area (Å²) in [5.74, 6) is 0.799. The van der Waals surface area contributed by atoms with Crippen LogP contribution in [0.4, 0.5) is 5.13 Å². The first kappa shape index (κ1) is 16.9. The Kier molecular flexibility index (Phi) is 4.06. The summed E-state index contributed by atoms with van der Waals surface area (Å²) in [5, 5.41) is 2.63. The van der Waals surface area contributed by atoms with Crippen LogP contribution in [0.3, 0.4) is 0 Å². The van der Waals surface area contributed by atoms with Crippen molar-refractivity contribution in [1.29, 1.82) is 0 Å². The Morgan fingerprint density at radius 3 is 2.50 bits per heavy atom. The van der Waals surface area contributed by atoms with E-state index in [0.29, 0.717) is 0 Å². The highest BCUT2D eigenvalue weighted by Crippen LogP contribution is 2.29. The maximum Gasteiger partial charge on any atom is 0.210 e. The molecule has 5 aromatic rings. The number of hydrogen-bond donors (Lipinski definition) is 0. The molecular formula is C24H18N2OS. The Hall–Kier alpha value is -3.24. The fourth-order valence-corrected chi connectivity index (χ4v) is 4.24. The van der Waals surface area contributed by atoms with Crippen molar-refractivity contribution >= 4 is 37.7 Å². The largest absolute Gasteiger partial charge is 0.456 e. The number of nitrogens with zero attached hydrogens (tertiary/aromatic N) is 2. The molecule has 0 saturated heterocycles. The Morgan fingerprint density at radius 2 is 1.64 bits per heavy atom. The molecular weight excluding hydrogens is 364 g/mol. The van der Waals surface area contributed by atoms with E-state index in [0.717, 1.165) is 43.0 Å². The lowest BCUT2D eigenvalue weighted by molar-refractivity contribution is 0.618. The molecule has 0 saturated carbocycles. The van der Waals surface area contributed by atoms with Crippen LogP contribution in [0, 0.1) is 13.8 Å². The van der Waals surface area contributed by atoms with Gasteiger partial charge in [-0.05, 0) is 43.7 Å². The van der Waals surface area contributed by atoms with Crippen molar-refractivity contribution in [1.82, 2.24) is 4.98 Å². The monoisotopic (exact) mass is 382 g/mol. The predicted octanol–water partition coefficient (Wildman–Crippen LogP) is 6.56. The first-order chi connectivity index (χ1) is 13.7. The number of thiazole rings is 1. The summed E-state index contributed by atoms with van der Waals surface area (Å²) in [4.78, 5) is 9.61. The SMILES string of the molecule is Cc1ccc2nc(N=c3cc(-c4ccccc4)oc4ccc(C)cc34)sc2c1. The maximum atomic E-state index is 6.18. The summed E-state index contributed by atoms with van der Waals surface area (Å²) < 4.78 is 7.33. The molecule has 0 aliphatic rings. The van der Waals surface area contributed by atoms with Crippen LogP contribution in [0.5, 0.6) is 0 Å². The number of hydrogen-bond acceptors (Lipinski definition) is 4. The van der Waals surface area contributed by atoms with Gasteiger partial charge in [0.15, 0.2) is 0 Å². The summed E-state index contributed by atoms with van der Waals surface area (Å²) in [6, 6.07) is 24.6. The Bertz CT molecular complexity index is 1380. The fourth-order valence-electron chi connectivity index (χ4n) is 3.29. The molecule has 3 aromatic carbocycles. The Labute approximate surface area is 166 Å². The molecule has 0 N–H and O–H groups in total. The number of benzene rings is 3. The van der Waals surface area contributed by atoms with Crippen LogP contribution in [-0.2, 0) is 0 Å². The second kappa shape index (κ2) is 6.73. The van der Waals surface area contributed by atoms with Gasteiger partial charge in [0.05, 0.1) is 15.6 Å². The van der Waals surface area contributed by atoms with Crippen molar-refractivity contribution in [3.05, 3.63) is 89.3 Å². The molecule has 28 heavy (non-hydrogen) atoms. The summed E-state index contributed by atoms with van der Waals surface area (Å²) in [6.45, 7) is 4.17. The third-order valence-corrected chi connectivity index (χ3v) is 5.62. The van der Waals surface area contributed by atoms with Crippen molar-refractivity contribution in [2.75, 3.05) is 0 Å². The van der Waals surface area contributed by atoms with Crippen LogP contribution in [0.1, 0.15) is 11.1 Å². The van der Waals surface area contributed by atoms with Crippen molar-refractivity contribution in [3.8, 4) is 11.3 Å². The molecule has 0 unspecified atom stereocenters. The molecule has 0 amide bonds. The normalized spacial score (nSPS) is 12.1. The molecule has 0 bridgehead atoms. The molecule has 0 atom stereocenters. The quantitative estimate of drug-likeness (QED) is 0.347. The van der Waals surface area contributed by atoms with Crippen molar-refractivity contribution in [2.45, 2.75) is 13.8 Å². The molecule has 0 aliphatic heterocycles. The van der Waals surface area contributed by atoms with Crippen LogP contribution >= 0.6 is 11.3 Å². The molecule has 3 nitrogen and oxygen atoms in total. The van der Waals surface area contributed by atoms with Gasteiger partial charge in [0.2, 0.25) is 5.13 Å². The molecule has 0 spiro atoms. The highest BCUT2D eigenvalue weighted by atomic mass is 32.1. The fraction of sp³-hybridized carbons (Fsp3) is 0.0833. The molecule has 136 valence electrons. The minimum Gasteiger partial charge on any atom is -0.456 e. The van der Waals surface area contributed by atoms with Gasteiger partial charge >= 0.3 is 0 Å². The maximum absolute atomic E-state index is 6.18. The van der Waals surface area contributed by atoms with Crippen LogP contribution in [0.2, 0.25) is 0 Å². The van der Waals surface area contributed by atoms with Gasteiger partial charge in [-0.2, -0.15) is 0 Å². The second-order valence-corrected chi connectivity index (χ2v) is 7.95. The van der Waals surface area contributed by atoms with E-state index < -0.39 is 0 Å². The zero-order chi connectivity index (χ0) is 19.1. The Morgan fingerprint density at radius 1 is 0.857 bits per heavy atom.